The Morgan fingerprint density at radius 1 is 0.939 bits per heavy atom. The molecule has 3 N–H and O–H groups in total. The third kappa shape index (κ3) is 11.8. The number of hydrogen-bond donors (Lipinski definition) is 3. The van der Waals surface area contributed by atoms with Crippen molar-refractivity contribution < 1.29 is 36.5 Å². The molecule has 0 aliphatic rings. The maximum atomic E-state index is 11.3. The molecule has 0 saturated carbocycles. The number of hydrogen-bond acceptors (Lipinski definition) is 5. The Bertz CT molecular complexity index is 1130. The molecule has 1 atom stereocenters. The first-order valence-electron chi connectivity index (χ1n) is 9.05. The van der Waals surface area contributed by atoms with E-state index in [4.69, 9.17) is 23.5 Å². The van der Waals surface area contributed by atoms with Crippen molar-refractivity contribution in [2.45, 2.75) is 24.3 Å². The van der Waals surface area contributed by atoms with E-state index >= 15 is 0 Å². The van der Waals surface area contributed by atoms with Crippen molar-refractivity contribution in [2.75, 3.05) is 0 Å². The number of aryl methyl sites for hydroxylation is 1. The van der Waals surface area contributed by atoms with Crippen molar-refractivity contribution in [2.24, 2.45) is 0 Å². The molecular weight excluding hydrogens is 549 g/mol. The first-order valence-corrected chi connectivity index (χ1v) is 12.2. The third-order valence-electron chi connectivity index (χ3n) is 4.43. The summed E-state index contributed by atoms with van der Waals surface area (Å²) >= 11 is 0. The van der Waals surface area contributed by atoms with Crippen LogP contribution >= 0.6 is 7.60 Å². The molecule has 1 heterocycles. The normalized spacial score (nSPS) is 12.0. The molecule has 1 unspecified atom stereocenters. The fourth-order valence-electron chi connectivity index (χ4n) is 3.00. The molecule has 3 rings (SSSR count). The van der Waals surface area contributed by atoms with Gasteiger partial charge >= 0.3 is 162 Å². The van der Waals surface area contributed by atoms with Crippen molar-refractivity contribution in [3.05, 3.63) is 72.5 Å². The zero-order chi connectivity index (χ0) is 21.8. The summed E-state index contributed by atoms with van der Waals surface area (Å²) in [5.74, 6) is 1.94. The van der Waals surface area contributed by atoms with Gasteiger partial charge in [-0.1, -0.05) is 12.1 Å². The van der Waals surface area contributed by atoms with Gasteiger partial charge in [0.2, 0.25) is 0 Å². The Morgan fingerprint density at radius 2 is 1.61 bits per heavy atom. The SMILES string of the molecule is O=P(O)(O)C(CCCc1cccc(Oc2ccc(-c3ccco3)cc2)c1)S(=O)(=O)O.[KH].[KH].[KH]. The van der Waals surface area contributed by atoms with E-state index in [1.54, 1.807) is 42.7 Å². The van der Waals surface area contributed by atoms with E-state index < -0.39 is 22.7 Å². The van der Waals surface area contributed by atoms with E-state index in [0.29, 0.717) is 17.9 Å². The first kappa shape index (κ1) is 35.5. The maximum absolute atomic E-state index is 11.3. The van der Waals surface area contributed by atoms with E-state index in [2.05, 4.69) is 0 Å². The summed E-state index contributed by atoms with van der Waals surface area (Å²) in [5, 5.41) is 0. The minimum absolute atomic E-state index is 0. The first-order chi connectivity index (χ1) is 14.1. The molecule has 33 heavy (non-hydrogen) atoms. The molecule has 3 aromatic rings. The molecule has 0 aliphatic carbocycles. The molecule has 0 fully saturated rings. The van der Waals surface area contributed by atoms with Gasteiger partial charge in [-0.25, -0.2) is 0 Å². The minimum atomic E-state index is -4.97. The molecule has 0 bridgehead atoms. The van der Waals surface area contributed by atoms with Gasteiger partial charge < -0.3 is 18.9 Å². The van der Waals surface area contributed by atoms with Crippen LogP contribution in [-0.4, -0.2) is 182 Å². The topological polar surface area (TPSA) is 134 Å². The van der Waals surface area contributed by atoms with Crippen LogP contribution in [0.3, 0.4) is 0 Å². The van der Waals surface area contributed by atoms with Crippen LogP contribution in [0.2, 0.25) is 0 Å². The average Bonchev–Trinajstić information content (AvgIpc) is 3.19. The summed E-state index contributed by atoms with van der Waals surface area (Å²) < 4.78 is 54.0. The van der Waals surface area contributed by atoms with E-state index in [-0.39, 0.29) is 167 Å². The summed E-state index contributed by atoms with van der Waals surface area (Å²) in [7, 11) is -9.81. The number of ether oxygens (including phenoxy) is 1. The van der Waals surface area contributed by atoms with Crippen molar-refractivity contribution in [3.8, 4) is 22.8 Å². The van der Waals surface area contributed by atoms with E-state index in [9.17, 15) is 13.0 Å². The van der Waals surface area contributed by atoms with E-state index in [1.807, 2.05) is 24.3 Å². The second-order valence-electron chi connectivity index (χ2n) is 6.70. The van der Waals surface area contributed by atoms with Gasteiger partial charge in [-0.2, -0.15) is 8.42 Å². The standard InChI is InChI=1S/C20H21O8PS.3K.3H/c21-29(22,23)20(30(24,25)26)8-2-5-15-4-1-6-18(14-15)28-17-11-9-16(10-12-17)19-7-3-13-27-19;;;;;;/h1,3-4,6-7,9-14,20H,2,5,8H2,(H2,21,22,23)(H,24,25,26);;;;;;. The van der Waals surface area contributed by atoms with Crippen molar-refractivity contribution >= 4 is 172 Å². The predicted octanol–water partition coefficient (Wildman–Crippen LogP) is 2.51. The number of furan rings is 1. The van der Waals surface area contributed by atoms with Crippen LogP contribution in [0.25, 0.3) is 11.3 Å². The van der Waals surface area contributed by atoms with Gasteiger partial charge in [0.05, 0.1) is 6.26 Å². The summed E-state index contributed by atoms with van der Waals surface area (Å²) in [6.45, 7) is 0. The fourth-order valence-corrected chi connectivity index (χ4v) is 5.37. The monoisotopic (exact) mass is 572 g/mol. The van der Waals surface area contributed by atoms with Gasteiger partial charge in [-0.05, 0) is 73.4 Å². The van der Waals surface area contributed by atoms with Crippen molar-refractivity contribution in [3.63, 3.8) is 0 Å². The zero-order valence-electron chi connectivity index (χ0n) is 15.8. The Hall–Kier alpha value is 2.49. The quantitative estimate of drug-likeness (QED) is 0.202. The number of rotatable bonds is 9. The van der Waals surface area contributed by atoms with Gasteiger partial charge in [0.1, 0.15) is 17.3 Å². The average molecular weight is 573 g/mol. The second-order valence-corrected chi connectivity index (χ2v) is 10.5. The molecule has 13 heteroatoms. The summed E-state index contributed by atoms with van der Waals surface area (Å²) in [6.07, 6.45) is 1.77. The van der Waals surface area contributed by atoms with Crippen LogP contribution in [0, 0.1) is 0 Å². The van der Waals surface area contributed by atoms with E-state index in [1.165, 1.54) is 0 Å². The molecule has 1 aromatic heterocycles. The van der Waals surface area contributed by atoms with Gasteiger partial charge in [0, 0.05) is 5.56 Å². The summed E-state index contributed by atoms with van der Waals surface area (Å²) in [6, 6.07) is 18.1. The molecule has 0 amide bonds. The van der Waals surface area contributed by atoms with E-state index in [0.717, 1.165) is 16.9 Å². The van der Waals surface area contributed by atoms with Crippen molar-refractivity contribution in [1.29, 1.82) is 0 Å². The van der Waals surface area contributed by atoms with Crippen LogP contribution in [0.15, 0.2) is 71.3 Å². The molecule has 0 spiro atoms. The van der Waals surface area contributed by atoms with Crippen LogP contribution < -0.4 is 4.74 Å². The fraction of sp³-hybridized carbons (Fsp3) is 0.200. The Labute approximate surface area is 320 Å². The van der Waals surface area contributed by atoms with Crippen molar-refractivity contribution in [1.82, 2.24) is 0 Å². The molecule has 0 radical (unpaired) electrons. The Balaban J connectivity index is 0.00000341. The number of benzene rings is 2. The van der Waals surface area contributed by atoms with Gasteiger partial charge in [0.25, 0.3) is 10.1 Å². The molecular formula is C20H24K3O8PS. The Kier molecular flexibility index (Phi) is 17.7. The van der Waals surface area contributed by atoms with Crippen LogP contribution in [-0.2, 0) is 21.1 Å². The summed E-state index contributed by atoms with van der Waals surface area (Å²) in [5.41, 5.74) is 1.72. The molecule has 166 valence electrons. The summed E-state index contributed by atoms with van der Waals surface area (Å²) in [4.78, 5) is 16.2. The van der Waals surface area contributed by atoms with Gasteiger partial charge in [-0.15, -0.1) is 0 Å². The van der Waals surface area contributed by atoms with Crippen LogP contribution in [0.5, 0.6) is 11.5 Å². The third-order valence-corrected chi connectivity index (χ3v) is 7.98. The van der Waals surface area contributed by atoms with Crippen LogP contribution in [0.1, 0.15) is 18.4 Å². The molecule has 0 saturated heterocycles. The second kappa shape index (κ2) is 16.5. The zero-order valence-corrected chi connectivity index (χ0v) is 17.5. The Morgan fingerprint density at radius 3 is 2.15 bits per heavy atom. The molecule has 8 nitrogen and oxygen atoms in total. The van der Waals surface area contributed by atoms with Gasteiger partial charge in [-0.3, -0.25) is 9.12 Å². The molecule has 2 aromatic carbocycles. The molecule has 0 aliphatic heterocycles. The van der Waals surface area contributed by atoms with Gasteiger partial charge in [0.15, 0.2) is 4.99 Å². The van der Waals surface area contributed by atoms with Crippen LogP contribution in [0.4, 0.5) is 0 Å². The predicted molar refractivity (Wildman–Crippen MR) is 132 cm³/mol.